The van der Waals surface area contributed by atoms with Crippen molar-refractivity contribution in [3.05, 3.63) is 36.1 Å². The van der Waals surface area contributed by atoms with Crippen LogP contribution in [-0.2, 0) is 9.84 Å². The third kappa shape index (κ3) is 3.98. The van der Waals surface area contributed by atoms with E-state index in [0.29, 0.717) is 17.3 Å². The van der Waals surface area contributed by atoms with Gasteiger partial charge in [-0.05, 0) is 24.3 Å². The smallest absolute Gasteiger partial charge is 0.250 e. The Kier molecular flexibility index (Phi) is 4.63. The SMILES string of the molecule is CS(=O)(=O)c1nc(Nc2ccc(F)cc2)cc(N2CCNCC2)n1. The number of halogens is 1. The second-order valence-corrected chi connectivity index (χ2v) is 7.44. The molecule has 3 rings (SSSR count). The van der Waals surface area contributed by atoms with Crippen LogP contribution in [0.3, 0.4) is 0 Å². The van der Waals surface area contributed by atoms with E-state index in [4.69, 9.17) is 0 Å². The van der Waals surface area contributed by atoms with Gasteiger partial charge in [0.25, 0.3) is 5.16 Å². The molecule has 1 aliphatic heterocycles. The Morgan fingerprint density at radius 3 is 2.46 bits per heavy atom. The molecule has 24 heavy (non-hydrogen) atoms. The summed E-state index contributed by atoms with van der Waals surface area (Å²) in [6, 6.07) is 7.45. The normalized spacial score (nSPS) is 15.3. The van der Waals surface area contributed by atoms with E-state index in [1.807, 2.05) is 4.90 Å². The molecule has 1 aliphatic rings. The number of piperazine rings is 1. The highest BCUT2D eigenvalue weighted by Gasteiger charge is 2.19. The third-order valence-electron chi connectivity index (χ3n) is 3.58. The molecule has 1 saturated heterocycles. The molecule has 9 heteroatoms. The maximum Gasteiger partial charge on any atom is 0.250 e. The fraction of sp³-hybridized carbons (Fsp3) is 0.333. The Hall–Kier alpha value is -2.26. The highest BCUT2D eigenvalue weighted by molar-refractivity contribution is 7.90. The standard InChI is InChI=1S/C15H18FN5O2S/c1-24(22,23)15-19-13(18-12-4-2-11(16)3-5-12)10-14(20-15)21-8-6-17-7-9-21/h2-5,10,17H,6-9H2,1H3,(H,18,19,20). The van der Waals surface area contributed by atoms with Crippen LogP contribution in [-0.4, -0.2) is 50.8 Å². The number of nitrogens with zero attached hydrogens (tertiary/aromatic N) is 3. The molecule has 0 atom stereocenters. The molecule has 0 spiro atoms. The topological polar surface area (TPSA) is 87.2 Å². The molecule has 2 N–H and O–H groups in total. The second-order valence-electron chi connectivity index (χ2n) is 5.54. The quantitative estimate of drug-likeness (QED) is 0.800. The third-order valence-corrected chi connectivity index (χ3v) is 4.43. The molecule has 0 saturated carbocycles. The minimum atomic E-state index is -3.55. The van der Waals surface area contributed by atoms with Crippen LogP contribution >= 0.6 is 0 Å². The van der Waals surface area contributed by atoms with Crippen molar-refractivity contribution in [2.24, 2.45) is 0 Å². The van der Waals surface area contributed by atoms with Crippen molar-refractivity contribution in [3.8, 4) is 0 Å². The fourth-order valence-electron chi connectivity index (χ4n) is 2.38. The number of aromatic nitrogens is 2. The predicted molar refractivity (Wildman–Crippen MR) is 89.9 cm³/mol. The fourth-order valence-corrected chi connectivity index (χ4v) is 2.90. The Bertz CT molecular complexity index is 820. The summed E-state index contributed by atoms with van der Waals surface area (Å²) in [7, 11) is -3.55. The van der Waals surface area contributed by atoms with Gasteiger partial charge in [0, 0.05) is 44.2 Å². The molecule has 7 nitrogen and oxygen atoms in total. The van der Waals surface area contributed by atoms with Crippen molar-refractivity contribution >= 4 is 27.2 Å². The molecule has 0 bridgehead atoms. The van der Waals surface area contributed by atoms with Crippen LogP contribution in [0.2, 0.25) is 0 Å². The van der Waals surface area contributed by atoms with Gasteiger partial charge in [-0.25, -0.2) is 22.8 Å². The van der Waals surface area contributed by atoms with Gasteiger partial charge >= 0.3 is 0 Å². The molecule has 2 heterocycles. The van der Waals surface area contributed by atoms with E-state index < -0.39 is 9.84 Å². The second kappa shape index (κ2) is 6.70. The summed E-state index contributed by atoms with van der Waals surface area (Å²) >= 11 is 0. The predicted octanol–water partition coefficient (Wildman–Crippen LogP) is 1.17. The van der Waals surface area contributed by atoms with Gasteiger partial charge in [0.2, 0.25) is 9.84 Å². The Morgan fingerprint density at radius 1 is 1.17 bits per heavy atom. The van der Waals surface area contributed by atoms with E-state index in [-0.39, 0.29) is 11.0 Å². The van der Waals surface area contributed by atoms with Gasteiger partial charge in [0.05, 0.1) is 0 Å². The number of hydrogen-bond donors (Lipinski definition) is 2. The van der Waals surface area contributed by atoms with Gasteiger partial charge in [-0.15, -0.1) is 0 Å². The highest BCUT2D eigenvalue weighted by atomic mass is 32.2. The minimum absolute atomic E-state index is 0.233. The van der Waals surface area contributed by atoms with Gasteiger partial charge in [0.15, 0.2) is 0 Å². The summed E-state index contributed by atoms with van der Waals surface area (Å²) in [5.41, 5.74) is 0.612. The van der Waals surface area contributed by atoms with E-state index in [2.05, 4.69) is 20.6 Å². The lowest BCUT2D eigenvalue weighted by molar-refractivity contribution is 0.577. The molecular formula is C15H18FN5O2S. The number of nitrogens with one attached hydrogen (secondary N) is 2. The van der Waals surface area contributed by atoms with E-state index in [9.17, 15) is 12.8 Å². The van der Waals surface area contributed by atoms with Crippen molar-refractivity contribution in [3.63, 3.8) is 0 Å². The average molecular weight is 351 g/mol. The van der Waals surface area contributed by atoms with Gasteiger partial charge in [-0.3, -0.25) is 0 Å². The zero-order valence-corrected chi connectivity index (χ0v) is 14.0. The summed E-state index contributed by atoms with van der Waals surface area (Å²) in [5.74, 6) is 0.559. The first-order valence-corrected chi connectivity index (χ1v) is 9.38. The molecule has 0 aliphatic carbocycles. The van der Waals surface area contributed by atoms with E-state index in [1.54, 1.807) is 18.2 Å². The number of rotatable bonds is 4. The number of anilines is 3. The molecule has 1 aromatic heterocycles. The lowest BCUT2D eigenvalue weighted by Gasteiger charge is -2.28. The van der Waals surface area contributed by atoms with E-state index in [0.717, 1.165) is 32.4 Å². The van der Waals surface area contributed by atoms with Crippen molar-refractivity contribution in [2.75, 3.05) is 42.7 Å². The number of benzene rings is 1. The highest BCUT2D eigenvalue weighted by Crippen LogP contribution is 2.22. The van der Waals surface area contributed by atoms with Gasteiger partial charge in [-0.1, -0.05) is 0 Å². The summed E-state index contributed by atoms with van der Waals surface area (Å²) in [6.07, 6.45) is 1.07. The Balaban J connectivity index is 1.96. The van der Waals surface area contributed by atoms with Crippen LogP contribution in [0, 0.1) is 5.82 Å². The summed E-state index contributed by atoms with van der Waals surface area (Å²) in [6.45, 7) is 3.07. The van der Waals surface area contributed by atoms with Crippen LogP contribution in [0.5, 0.6) is 0 Å². The summed E-state index contributed by atoms with van der Waals surface area (Å²) < 4.78 is 36.8. The van der Waals surface area contributed by atoms with Crippen LogP contribution in [0.15, 0.2) is 35.5 Å². The molecule has 2 aromatic rings. The lowest BCUT2D eigenvalue weighted by atomic mass is 10.3. The summed E-state index contributed by atoms with van der Waals surface area (Å²) in [5, 5.41) is 6.00. The molecule has 0 amide bonds. The summed E-state index contributed by atoms with van der Waals surface area (Å²) in [4.78, 5) is 10.3. The van der Waals surface area contributed by atoms with E-state index >= 15 is 0 Å². The van der Waals surface area contributed by atoms with Crippen LogP contribution < -0.4 is 15.5 Å². The van der Waals surface area contributed by atoms with Crippen LogP contribution in [0.25, 0.3) is 0 Å². The molecule has 0 radical (unpaired) electrons. The van der Waals surface area contributed by atoms with Gasteiger partial charge in [-0.2, -0.15) is 0 Å². The first kappa shape index (κ1) is 16.6. The van der Waals surface area contributed by atoms with Crippen molar-refractivity contribution in [2.45, 2.75) is 5.16 Å². The average Bonchev–Trinajstić information content (AvgIpc) is 2.57. The first-order chi connectivity index (χ1) is 11.4. The van der Waals surface area contributed by atoms with E-state index in [1.165, 1.54) is 12.1 Å². The van der Waals surface area contributed by atoms with Crippen molar-refractivity contribution in [1.82, 2.24) is 15.3 Å². The minimum Gasteiger partial charge on any atom is -0.354 e. The number of sulfone groups is 1. The largest absolute Gasteiger partial charge is 0.354 e. The van der Waals surface area contributed by atoms with Crippen LogP contribution in [0.4, 0.5) is 21.7 Å². The maximum atomic E-state index is 13.0. The lowest BCUT2D eigenvalue weighted by Crippen LogP contribution is -2.44. The maximum absolute atomic E-state index is 13.0. The Morgan fingerprint density at radius 2 is 1.83 bits per heavy atom. The number of hydrogen-bond acceptors (Lipinski definition) is 7. The van der Waals surface area contributed by atoms with Crippen molar-refractivity contribution < 1.29 is 12.8 Å². The molecular weight excluding hydrogens is 333 g/mol. The Labute approximate surface area is 139 Å². The molecule has 1 fully saturated rings. The van der Waals surface area contributed by atoms with Gasteiger partial charge in [0.1, 0.15) is 17.5 Å². The zero-order valence-electron chi connectivity index (χ0n) is 13.2. The first-order valence-electron chi connectivity index (χ1n) is 7.49. The molecule has 0 unspecified atom stereocenters. The zero-order chi connectivity index (χ0) is 17.2. The molecule has 1 aromatic carbocycles. The van der Waals surface area contributed by atoms with Crippen LogP contribution in [0.1, 0.15) is 0 Å². The monoisotopic (exact) mass is 351 g/mol. The van der Waals surface area contributed by atoms with Crippen molar-refractivity contribution in [1.29, 1.82) is 0 Å². The van der Waals surface area contributed by atoms with Gasteiger partial charge < -0.3 is 15.5 Å². The molecule has 128 valence electrons.